The minimum atomic E-state index is -0.239. The molecule has 0 unspecified atom stereocenters. The van der Waals surface area contributed by atoms with Gasteiger partial charge >= 0.3 is 0 Å². The molecule has 1 amide bonds. The van der Waals surface area contributed by atoms with Gasteiger partial charge in [-0.15, -0.1) is 24.8 Å². The molecule has 0 spiro atoms. The summed E-state index contributed by atoms with van der Waals surface area (Å²) in [6.07, 6.45) is 3.36. The summed E-state index contributed by atoms with van der Waals surface area (Å²) in [5.74, 6) is 0.750. The summed E-state index contributed by atoms with van der Waals surface area (Å²) < 4.78 is 13.8. The largest absolute Gasteiger partial charge is 0.342 e. The molecule has 156 valence electrons. The highest BCUT2D eigenvalue weighted by atomic mass is 35.5. The molecular formula is C21H25Cl2FN4O. The normalized spacial score (nSPS) is 18.1. The minimum Gasteiger partial charge on any atom is -0.342 e. The molecule has 1 aliphatic rings. The summed E-state index contributed by atoms with van der Waals surface area (Å²) in [5, 5.41) is 3.01. The third-order valence-electron chi connectivity index (χ3n) is 5.41. The van der Waals surface area contributed by atoms with Crippen LogP contribution in [0.5, 0.6) is 0 Å². The molecule has 29 heavy (non-hydrogen) atoms. The maximum atomic E-state index is 13.8. The van der Waals surface area contributed by atoms with Crippen molar-refractivity contribution in [2.45, 2.75) is 25.7 Å². The van der Waals surface area contributed by atoms with Gasteiger partial charge in [-0.3, -0.25) is 4.79 Å². The van der Waals surface area contributed by atoms with Crippen LogP contribution < -0.4 is 11.1 Å². The number of rotatable bonds is 5. The summed E-state index contributed by atoms with van der Waals surface area (Å²) in [5.41, 5.74) is 8.73. The second kappa shape index (κ2) is 10.1. The number of nitrogens with one attached hydrogen (secondary N) is 2. The van der Waals surface area contributed by atoms with Gasteiger partial charge in [-0.05, 0) is 55.1 Å². The summed E-state index contributed by atoms with van der Waals surface area (Å²) >= 11 is 0. The number of fused-ring (bicyclic) bond motifs is 1. The fourth-order valence-corrected chi connectivity index (χ4v) is 3.95. The summed E-state index contributed by atoms with van der Waals surface area (Å²) in [6, 6.07) is 12.3. The number of hydrogen-bond acceptors (Lipinski definition) is 3. The van der Waals surface area contributed by atoms with Crippen LogP contribution >= 0.6 is 24.8 Å². The smallest absolute Gasteiger partial charge is 0.227 e. The second-order valence-electron chi connectivity index (χ2n) is 7.21. The van der Waals surface area contributed by atoms with E-state index in [0.29, 0.717) is 24.4 Å². The van der Waals surface area contributed by atoms with Gasteiger partial charge < -0.3 is 16.0 Å². The van der Waals surface area contributed by atoms with Crippen molar-refractivity contribution in [3.63, 3.8) is 0 Å². The lowest BCUT2D eigenvalue weighted by Crippen LogP contribution is -2.29. The lowest BCUT2D eigenvalue weighted by atomic mass is 9.95. The van der Waals surface area contributed by atoms with Crippen LogP contribution in [0.4, 0.5) is 10.1 Å². The van der Waals surface area contributed by atoms with Crippen LogP contribution in [0, 0.1) is 17.7 Å². The van der Waals surface area contributed by atoms with Crippen molar-refractivity contribution in [2.75, 3.05) is 11.9 Å². The number of carbonyl (C=O) groups excluding carboxylic acids is 1. The van der Waals surface area contributed by atoms with Crippen molar-refractivity contribution >= 4 is 47.4 Å². The van der Waals surface area contributed by atoms with E-state index in [-0.39, 0.29) is 48.4 Å². The number of nitrogens with zero attached hydrogens (tertiary/aromatic N) is 1. The summed E-state index contributed by atoms with van der Waals surface area (Å²) in [7, 11) is 0. The van der Waals surface area contributed by atoms with Crippen LogP contribution in [0.15, 0.2) is 42.5 Å². The van der Waals surface area contributed by atoms with Gasteiger partial charge in [0.15, 0.2) is 0 Å². The minimum absolute atomic E-state index is 0. The monoisotopic (exact) mass is 438 g/mol. The molecule has 0 bridgehead atoms. The molecule has 0 saturated heterocycles. The van der Waals surface area contributed by atoms with Gasteiger partial charge in [0.2, 0.25) is 5.91 Å². The Hall–Kier alpha value is -2.15. The van der Waals surface area contributed by atoms with Crippen LogP contribution in [0.2, 0.25) is 0 Å². The molecule has 1 saturated carbocycles. The summed E-state index contributed by atoms with van der Waals surface area (Å²) in [4.78, 5) is 20.3. The van der Waals surface area contributed by atoms with E-state index in [9.17, 15) is 9.18 Å². The van der Waals surface area contributed by atoms with E-state index in [1.54, 1.807) is 12.1 Å². The molecule has 1 aliphatic carbocycles. The van der Waals surface area contributed by atoms with Crippen molar-refractivity contribution in [2.24, 2.45) is 17.6 Å². The third kappa shape index (κ3) is 5.07. The topological polar surface area (TPSA) is 83.8 Å². The molecule has 0 radical (unpaired) electrons. The van der Waals surface area contributed by atoms with Crippen molar-refractivity contribution in [3.8, 4) is 0 Å². The molecule has 2 aromatic carbocycles. The van der Waals surface area contributed by atoms with Gasteiger partial charge in [0, 0.05) is 18.0 Å². The number of halogens is 3. The number of aromatic amines is 1. The number of hydrogen-bond donors (Lipinski definition) is 3. The Kier molecular flexibility index (Phi) is 8.02. The Balaban J connectivity index is 0.00000150. The quantitative estimate of drug-likeness (QED) is 0.549. The fourth-order valence-electron chi connectivity index (χ4n) is 3.95. The van der Waals surface area contributed by atoms with Crippen LogP contribution in [-0.2, 0) is 11.2 Å². The van der Waals surface area contributed by atoms with E-state index in [0.717, 1.165) is 36.0 Å². The summed E-state index contributed by atoms with van der Waals surface area (Å²) in [6.45, 7) is 0.553. The van der Waals surface area contributed by atoms with Crippen LogP contribution in [0.3, 0.4) is 0 Å². The third-order valence-corrected chi connectivity index (χ3v) is 5.41. The molecule has 8 heteroatoms. The van der Waals surface area contributed by atoms with Gasteiger partial charge in [0.25, 0.3) is 0 Å². The van der Waals surface area contributed by atoms with E-state index < -0.39 is 0 Å². The zero-order chi connectivity index (χ0) is 18.8. The average Bonchev–Trinajstić information content (AvgIpc) is 3.29. The first-order valence-corrected chi connectivity index (χ1v) is 9.37. The molecule has 1 fully saturated rings. The van der Waals surface area contributed by atoms with Gasteiger partial charge in [-0.1, -0.05) is 24.6 Å². The molecule has 1 aromatic heterocycles. The SMILES string of the molecule is Cl.Cl.NC[C@H]1CCC[C@H]1C(=O)Nc1ccc2nc(Cc3ccccc3F)[nH]c2c1. The molecule has 0 aliphatic heterocycles. The maximum absolute atomic E-state index is 13.8. The Morgan fingerprint density at radius 3 is 2.76 bits per heavy atom. The van der Waals surface area contributed by atoms with E-state index in [2.05, 4.69) is 15.3 Å². The van der Waals surface area contributed by atoms with Crippen LogP contribution in [0.25, 0.3) is 11.0 Å². The van der Waals surface area contributed by atoms with Crippen molar-refractivity contribution < 1.29 is 9.18 Å². The first-order chi connectivity index (χ1) is 13.1. The standard InChI is InChI=1S/C21H23FN4O.2ClH/c22-17-7-2-1-4-13(17)10-20-25-18-9-8-15(11-19(18)26-20)24-21(27)16-6-3-5-14(16)12-23;;/h1-2,4,7-9,11,14,16H,3,5-6,10,12,23H2,(H,24,27)(H,25,26);2*1H/t14-,16-;;/m1../s1. The highest BCUT2D eigenvalue weighted by molar-refractivity contribution is 5.94. The molecule has 5 nitrogen and oxygen atoms in total. The number of nitrogens with two attached hydrogens (primary N) is 1. The number of aromatic nitrogens is 2. The van der Waals surface area contributed by atoms with E-state index in [1.165, 1.54) is 6.07 Å². The van der Waals surface area contributed by atoms with Crippen molar-refractivity contribution in [1.82, 2.24) is 9.97 Å². The Labute approximate surface area is 181 Å². The van der Waals surface area contributed by atoms with Crippen molar-refractivity contribution in [1.29, 1.82) is 0 Å². The Morgan fingerprint density at radius 1 is 1.21 bits per heavy atom. The molecule has 3 aromatic rings. The predicted octanol–water partition coefficient (Wildman–Crippen LogP) is 4.45. The lowest BCUT2D eigenvalue weighted by molar-refractivity contribution is -0.120. The molecule has 4 rings (SSSR count). The second-order valence-corrected chi connectivity index (χ2v) is 7.21. The number of anilines is 1. The van der Waals surface area contributed by atoms with Gasteiger partial charge in [-0.2, -0.15) is 0 Å². The Morgan fingerprint density at radius 2 is 2.00 bits per heavy atom. The average molecular weight is 439 g/mol. The van der Waals surface area contributed by atoms with Gasteiger partial charge in [-0.25, -0.2) is 9.37 Å². The molecular weight excluding hydrogens is 414 g/mol. The van der Waals surface area contributed by atoms with Crippen LogP contribution in [0.1, 0.15) is 30.7 Å². The number of benzene rings is 2. The number of amides is 1. The van der Waals surface area contributed by atoms with Crippen LogP contribution in [-0.4, -0.2) is 22.4 Å². The maximum Gasteiger partial charge on any atom is 0.227 e. The molecule has 4 N–H and O–H groups in total. The van der Waals surface area contributed by atoms with E-state index in [1.807, 2.05) is 24.3 Å². The Bertz CT molecular complexity index is 978. The lowest BCUT2D eigenvalue weighted by Gasteiger charge is -2.17. The number of carbonyl (C=O) groups is 1. The number of H-pyrrole nitrogens is 1. The number of imidazole rings is 1. The predicted molar refractivity (Wildman–Crippen MR) is 118 cm³/mol. The first-order valence-electron chi connectivity index (χ1n) is 9.37. The zero-order valence-corrected chi connectivity index (χ0v) is 17.5. The zero-order valence-electron chi connectivity index (χ0n) is 15.9. The highest BCUT2D eigenvalue weighted by Gasteiger charge is 2.31. The highest BCUT2D eigenvalue weighted by Crippen LogP contribution is 2.32. The van der Waals surface area contributed by atoms with Gasteiger partial charge in [0.05, 0.1) is 11.0 Å². The first kappa shape index (κ1) is 23.1. The molecule has 1 heterocycles. The van der Waals surface area contributed by atoms with Gasteiger partial charge in [0.1, 0.15) is 11.6 Å². The van der Waals surface area contributed by atoms with Crippen molar-refractivity contribution in [3.05, 3.63) is 59.7 Å². The molecule has 2 atom stereocenters. The fraction of sp³-hybridized carbons (Fsp3) is 0.333. The van der Waals surface area contributed by atoms with E-state index >= 15 is 0 Å². The van der Waals surface area contributed by atoms with E-state index in [4.69, 9.17) is 5.73 Å².